The standard InChI is InChI=1S/C13H10BrClN2O3/c14-8-3-1-7(2-4-8)5-9(13(19)20)11-10(15)12(18)17-6-16-11/h1-4,6,9H,5H2,(H,19,20)(H,16,17,18). The first-order valence-electron chi connectivity index (χ1n) is 5.69. The number of nitrogens with zero attached hydrogens (tertiary/aromatic N) is 1. The van der Waals surface area contributed by atoms with Gasteiger partial charge in [0.15, 0.2) is 0 Å². The molecule has 1 heterocycles. The molecule has 2 aromatic rings. The molecule has 1 atom stereocenters. The quantitative estimate of drug-likeness (QED) is 0.881. The highest BCUT2D eigenvalue weighted by atomic mass is 79.9. The molecular formula is C13H10BrClN2O3. The first kappa shape index (κ1) is 14.7. The summed E-state index contributed by atoms with van der Waals surface area (Å²) in [5.74, 6) is -2.04. The van der Waals surface area contributed by atoms with Crippen LogP contribution >= 0.6 is 27.5 Å². The van der Waals surface area contributed by atoms with Gasteiger partial charge in [0.1, 0.15) is 10.9 Å². The minimum Gasteiger partial charge on any atom is -0.481 e. The first-order chi connectivity index (χ1) is 9.49. The molecule has 0 saturated carbocycles. The maximum absolute atomic E-state index is 11.4. The van der Waals surface area contributed by atoms with Gasteiger partial charge < -0.3 is 10.1 Å². The Bertz CT molecular complexity index is 685. The predicted molar refractivity (Wildman–Crippen MR) is 78.1 cm³/mol. The number of aromatic nitrogens is 2. The number of hydrogen-bond acceptors (Lipinski definition) is 3. The van der Waals surface area contributed by atoms with Gasteiger partial charge in [-0.2, -0.15) is 0 Å². The van der Waals surface area contributed by atoms with Crippen molar-refractivity contribution < 1.29 is 9.90 Å². The van der Waals surface area contributed by atoms with E-state index in [1.165, 1.54) is 0 Å². The third-order valence-corrected chi connectivity index (χ3v) is 3.70. The molecule has 0 fully saturated rings. The van der Waals surface area contributed by atoms with Gasteiger partial charge in [0.25, 0.3) is 5.56 Å². The van der Waals surface area contributed by atoms with Crippen LogP contribution < -0.4 is 5.56 Å². The Labute approximate surface area is 127 Å². The molecule has 0 saturated heterocycles. The summed E-state index contributed by atoms with van der Waals surface area (Å²) in [5.41, 5.74) is 0.350. The summed E-state index contributed by atoms with van der Waals surface area (Å²) in [7, 11) is 0. The van der Waals surface area contributed by atoms with Crippen molar-refractivity contribution in [2.45, 2.75) is 12.3 Å². The van der Waals surface area contributed by atoms with Crippen molar-refractivity contribution in [1.82, 2.24) is 9.97 Å². The number of carboxylic acid groups (broad SMARTS) is 1. The van der Waals surface area contributed by atoms with E-state index in [0.717, 1.165) is 16.4 Å². The van der Waals surface area contributed by atoms with Crippen LogP contribution in [0.2, 0.25) is 5.02 Å². The highest BCUT2D eigenvalue weighted by Gasteiger charge is 2.25. The number of rotatable bonds is 4. The smallest absolute Gasteiger partial charge is 0.312 e. The Morgan fingerprint density at radius 1 is 1.40 bits per heavy atom. The molecule has 0 radical (unpaired) electrons. The molecule has 1 aromatic carbocycles. The lowest BCUT2D eigenvalue weighted by Crippen LogP contribution is -2.20. The fraction of sp³-hybridized carbons (Fsp3) is 0.154. The van der Waals surface area contributed by atoms with Crippen molar-refractivity contribution in [3.63, 3.8) is 0 Å². The van der Waals surface area contributed by atoms with Crippen molar-refractivity contribution in [2.75, 3.05) is 0 Å². The summed E-state index contributed by atoms with van der Waals surface area (Å²) in [6.45, 7) is 0. The van der Waals surface area contributed by atoms with E-state index in [2.05, 4.69) is 25.9 Å². The molecule has 0 aliphatic rings. The average molecular weight is 358 g/mol. The van der Waals surface area contributed by atoms with E-state index in [1.807, 2.05) is 12.1 Å². The van der Waals surface area contributed by atoms with Gasteiger partial charge in [-0.15, -0.1) is 0 Å². The molecule has 104 valence electrons. The van der Waals surface area contributed by atoms with Crippen LogP contribution in [0.4, 0.5) is 0 Å². The van der Waals surface area contributed by atoms with E-state index < -0.39 is 17.4 Å². The van der Waals surface area contributed by atoms with Crippen molar-refractivity contribution in [1.29, 1.82) is 0 Å². The number of benzene rings is 1. The molecule has 0 bridgehead atoms. The third-order valence-electron chi connectivity index (χ3n) is 2.80. The zero-order valence-corrected chi connectivity index (χ0v) is 12.5. The number of aliphatic carboxylic acids is 1. The number of H-pyrrole nitrogens is 1. The molecule has 0 aliphatic carbocycles. The van der Waals surface area contributed by atoms with Crippen LogP contribution in [0, 0.1) is 0 Å². The number of carbonyl (C=O) groups is 1. The molecule has 20 heavy (non-hydrogen) atoms. The van der Waals surface area contributed by atoms with Crippen LogP contribution in [0.1, 0.15) is 17.2 Å². The molecule has 0 aliphatic heterocycles. The molecule has 1 unspecified atom stereocenters. The van der Waals surface area contributed by atoms with Gasteiger partial charge in [-0.3, -0.25) is 9.59 Å². The Morgan fingerprint density at radius 3 is 2.65 bits per heavy atom. The number of nitrogens with one attached hydrogen (secondary N) is 1. The average Bonchev–Trinajstić information content (AvgIpc) is 2.41. The van der Waals surface area contributed by atoms with E-state index in [0.29, 0.717) is 0 Å². The number of aromatic amines is 1. The van der Waals surface area contributed by atoms with Gasteiger partial charge >= 0.3 is 5.97 Å². The van der Waals surface area contributed by atoms with Gasteiger partial charge in [-0.1, -0.05) is 39.7 Å². The van der Waals surface area contributed by atoms with Crippen molar-refractivity contribution in [3.8, 4) is 0 Å². The van der Waals surface area contributed by atoms with E-state index in [-0.39, 0.29) is 17.1 Å². The largest absolute Gasteiger partial charge is 0.481 e. The maximum Gasteiger partial charge on any atom is 0.312 e. The molecule has 1 aromatic heterocycles. The summed E-state index contributed by atoms with van der Waals surface area (Å²) in [4.78, 5) is 29.1. The molecular weight excluding hydrogens is 348 g/mol. The normalized spacial score (nSPS) is 12.1. The Balaban J connectivity index is 2.37. The van der Waals surface area contributed by atoms with Crippen LogP contribution in [-0.4, -0.2) is 21.0 Å². The summed E-state index contributed by atoms with van der Waals surface area (Å²) in [6.07, 6.45) is 1.36. The van der Waals surface area contributed by atoms with Crippen LogP contribution in [0.3, 0.4) is 0 Å². The lowest BCUT2D eigenvalue weighted by atomic mass is 9.96. The van der Waals surface area contributed by atoms with Crippen LogP contribution in [0.25, 0.3) is 0 Å². The highest BCUT2D eigenvalue weighted by Crippen LogP contribution is 2.24. The SMILES string of the molecule is O=C(O)C(Cc1ccc(Br)cc1)c1nc[nH]c(=O)c1Cl. The fourth-order valence-electron chi connectivity index (χ4n) is 1.80. The van der Waals surface area contributed by atoms with Gasteiger partial charge in [0, 0.05) is 4.47 Å². The zero-order chi connectivity index (χ0) is 14.7. The Hall–Kier alpha value is -1.66. The van der Waals surface area contributed by atoms with Crippen molar-refractivity contribution in [3.05, 3.63) is 61.7 Å². The molecule has 2 rings (SSSR count). The van der Waals surface area contributed by atoms with Gasteiger partial charge in [-0.25, -0.2) is 4.98 Å². The summed E-state index contributed by atoms with van der Waals surface area (Å²) in [6, 6.07) is 7.25. The second-order valence-electron chi connectivity index (χ2n) is 4.15. The van der Waals surface area contributed by atoms with E-state index in [1.54, 1.807) is 12.1 Å². The first-order valence-corrected chi connectivity index (χ1v) is 6.86. The topological polar surface area (TPSA) is 83.0 Å². The van der Waals surface area contributed by atoms with Gasteiger partial charge in [0.05, 0.1) is 12.0 Å². The monoisotopic (exact) mass is 356 g/mol. The Morgan fingerprint density at radius 2 is 2.05 bits per heavy atom. The second kappa shape index (κ2) is 6.19. The molecule has 5 nitrogen and oxygen atoms in total. The number of halogens is 2. The second-order valence-corrected chi connectivity index (χ2v) is 5.45. The highest BCUT2D eigenvalue weighted by molar-refractivity contribution is 9.10. The van der Waals surface area contributed by atoms with Gasteiger partial charge in [0.2, 0.25) is 0 Å². The van der Waals surface area contributed by atoms with Crippen LogP contribution in [0.15, 0.2) is 39.9 Å². The van der Waals surface area contributed by atoms with Crippen LogP contribution in [0.5, 0.6) is 0 Å². The minimum atomic E-state index is -1.08. The van der Waals surface area contributed by atoms with Crippen LogP contribution in [-0.2, 0) is 11.2 Å². The van der Waals surface area contributed by atoms with Crippen molar-refractivity contribution >= 4 is 33.5 Å². The predicted octanol–water partition coefficient (Wildman–Crippen LogP) is 2.60. The molecule has 2 N–H and O–H groups in total. The molecule has 0 spiro atoms. The van der Waals surface area contributed by atoms with E-state index in [4.69, 9.17) is 11.6 Å². The molecule has 0 amide bonds. The maximum atomic E-state index is 11.4. The van der Waals surface area contributed by atoms with E-state index >= 15 is 0 Å². The van der Waals surface area contributed by atoms with Crippen molar-refractivity contribution in [2.24, 2.45) is 0 Å². The summed E-state index contributed by atoms with van der Waals surface area (Å²) >= 11 is 9.16. The lowest BCUT2D eigenvalue weighted by Gasteiger charge is -2.12. The number of hydrogen-bond donors (Lipinski definition) is 2. The fourth-order valence-corrected chi connectivity index (χ4v) is 2.30. The van der Waals surface area contributed by atoms with E-state index in [9.17, 15) is 14.7 Å². The number of carboxylic acids is 1. The zero-order valence-electron chi connectivity index (χ0n) is 10.1. The summed E-state index contributed by atoms with van der Waals surface area (Å²) in [5, 5.41) is 9.15. The Kier molecular flexibility index (Phi) is 4.57. The third kappa shape index (κ3) is 3.26. The van der Waals surface area contributed by atoms with Gasteiger partial charge in [-0.05, 0) is 24.1 Å². The lowest BCUT2D eigenvalue weighted by molar-refractivity contribution is -0.138. The minimum absolute atomic E-state index is 0.0748. The molecule has 7 heteroatoms. The summed E-state index contributed by atoms with van der Waals surface area (Å²) < 4.78 is 0.903.